The van der Waals surface area contributed by atoms with E-state index >= 15 is 0 Å². The molecule has 1 fully saturated rings. The number of likely N-dealkylation sites (tertiary alicyclic amines) is 1. The minimum atomic E-state index is 0.297. The molecule has 0 bridgehead atoms. The SMILES string of the molecule is N[C@@H]1CCN(Cc2c(Cl)cccc2Cl)C1. The minimum Gasteiger partial charge on any atom is -0.326 e. The van der Waals surface area contributed by atoms with Crippen LogP contribution in [0.4, 0.5) is 0 Å². The zero-order valence-electron chi connectivity index (χ0n) is 8.42. The number of nitrogens with zero attached hydrogens (tertiary/aromatic N) is 1. The van der Waals surface area contributed by atoms with Gasteiger partial charge in [0.25, 0.3) is 0 Å². The van der Waals surface area contributed by atoms with Crippen molar-refractivity contribution in [3.05, 3.63) is 33.8 Å². The minimum absolute atomic E-state index is 0.297. The lowest BCUT2D eigenvalue weighted by Gasteiger charge is -2.16. The standard InChI is InChI=1S/C11H14Cl2N2/c12-10-2-1-3-11(13)9(10)7-15-5-4-8(14)6-15/h1-3,8H,4-7,14H2/t8-/m1/s1. The van der Waals surface area contributed by atoms with Crippen LogP contribution in [-0.2, 0) is 6.54 Å². The van der Waals surface area contributed by atoms with Crippen molar-refractivity contribution >= 4 is 23.2 Å². The maximum absolute atomic E-state index is 6.10. The summed E-state index contributed by atoms with van der Waals surface area (Å²) in [6.45, 7) is 2.76. The largest absolute Gasteiger partial charge is 0.326 e. The summed E-state index contributed by atoms with van der Waals surface area (Å²) in [6, 6.07) is 5.91. The number of hydrogen-bond donors (Lipinski definition) is 1. The Hall–Kier alpha value is -0.280. The lowest BCUT2D eigenvalue weighted by Crippen LogP contribution is -2.26. The Balaban J connectivity index is 2.10. The zero-order valence-corrected chi connectivity index (χ0v) is 9.93. The van der Waals surface area contributed by atoms with Crippen LogP contribution in [0.3, 0.4) is 0 Å². The lowest BCUT2D eigenvalue weighted by atomic mass is 10.2. The van der Waals surface area contributed by atoms with Crippen molar-refractivity contribution in [2.45, 2.75) is 19.0 Å². The molecule has 0 aliphatic carbocycles. The molecular formula is C11H14Cl2N2. The van der Waals surface area contributed by atoms with Crippen LogP contribution in [0, 0.1) is 0 Å². The summed E-state index contributed by atoms with van der Waals surface area (Å²) in [6.07, 6.45) is 1.06. The van der Waals surface area contributed by atoms with Crippen LogP contribution in [0.15, 0.2) is 18.2 Å². The summed E-state index contributed by atoms with van der Waals surface area (Å²) < 4.78 is 0. The molecule has 0 saturated carbocycles. The molecule has 2 N–H and O–H groups in total. The second-order valence-electron chi connectivity index (χ2n) is 3.98. The van der Waals surface area contributed by atoms with E-state index in [9.17, 15) is 0 Å². The summed E-state index contributed by atoms with van der Waals surface area (Å²) >= 11 is 12.2. The fraction of sp³-hybridized carbons (Fsp3) is 0.455. The van der Waals surface area contributed by atoms with E-state index in [4.69, 9.17) is 28.9 Å². The molecule has 0 spiro atoms. The highest BCUT2D eigenvalue weighted by atomic mass is 35.5. The molecule has 2 rings (SSSR count). The molecule has 0 unspecified atom stereocenters. The van der Waals surface area contributed by atoms with E-state index < -0.39 is 0 Å². The topological polar surface area (TPSA) is 29.3 Å². The van der Waals surface area contributed by atoms with Crippen molar-refractivity contribution in [2.75, 3.05) is 13.1 Å². The third-order valence-electron chi connectivity index (χ3n) is 2.75. The second-order valence-corrected chi connectivity index (χ2v) is 4.80. The zero-order chi connectivity index (χ0) is 10.8. The smallest absolute Gasteiger partial charge is 0.0465 e. The van der Waals surface area contributed by atoms with Crippen molar-refractivity contribution in [1.82, 2.24) is 4.90 Å². The second kappa shape index (κ2) is 4.71. The number of hydrogen-bond acceptors (Lipinski definition) is 2. The first-order valence-corrected chi connectivity index (χ1v) is 5.83. The maximum Gasteiger partial charge on any atom is 0.0465 e. The number of nitrogens with two attached hydrogens (primary N) is 1. The van der Waals surface area contributed by atoms with Gasteiger partial charge in [0.1, 0.15) is 0 Å². The Labute approximate surface area is 100.0 Å². The first kappa shape index (κ1) is 11.2. The van der Waals surface area contributed by atoms with Crippen molar-refractivity contribution in [2.24, 2.45) is 5.73 Å². The molecule has 0 aromatic heterocycles. The highest BCUT2D eigenvalue weighted by Gasteiger charge is 2.20. The Morgan fingerprint density at radius 3 is 2.53 bits per heavy atom. The van der Waals surface area contributed by atoms with Gasteiger partial charge in [0.2, 0.25) is 0 Å². The molecule has 2 nitrogen and oxygen atoms in total. The Morgan fingerprint density at radius 1 is 1.33 bits per heavy atom. The molecule has 1 atom stereocenters. The summed E-state index contributed by atoms with van der Waals surface area (Å²) in [5.41, 5.74) is 6.86. The van der Waals surface area contributed by atoms with E-state index in [0.29, 0.717) is 6.04 Å². The van der Waals surface area contributed by atoms with Crippen LogP contribution in [-0.4, -0.2) is 24.0 Å². The molecule has 1 aromatic rings. The van der Waals surface area contributed by atoms with Crippen LogP contribution in [0.5, 0.6) is 0 Å². The van der Waals surface area contributed by atoms with E-state index in [2.05, 4.69) is 4.90 Å². The predicted molar refractivity (Wildman–Crippen MR) is 64.3 cm³/mol. The maximum atomic E-state index is 6.10. The van der Waals surface area contributed by atoms with Gasteiger partial charge in [-0.15, -0.1) is 0 Å². The Kier molecular flexibility index (Phi) is 3.52. The van der Waals surface area contributed by atoms with Gasteiger partial charge in [0.05, 0.1) is 0 Å². The van der Waals surface area contributed by atoms with Crippen LogP contribution >= 0.6 is 23.2 Å². The van der Waals surface area contributed by atoms with Gasteiger partial charge >= 0.3 is 0 Å². The van der Waals surface area contributed by atoms with E-state index in [-0.39, 0.29) is 0 Å². The number of rotatable bonds is 2. The fourth-order valence-corrected chi connectivity index (χ4v) is 2.43. The number of benzene rings is 1. The summed E-state index contributed by atoms with van der Waals surface area (Å²) in [4.78, 5) is 2.29. The fourth-order valence-electron chi connectivity index (χ4n) is 1.91. The highest BCUT2D eigenvalue weighted by Crippen LogP contribution is 2.26. The molecule has 0 amide bonds. The van der Waals surface area contributed by atoms with Gasteiger partial charge < -0.3 is 5.73 Å². The summed E-state index contributed by atoms with van der Waals surface area (Å²) in [5.74, 6) is 0. The highest BCUT2D eigenvalue weighted by molar-refractivity contribution is 6.35. The third-order valence-corrected chi connectivity index (χ3v) is 3.46. The van der Waals surface area contributed by atoms with Gasteiger partial charge in [-0.3, -0.25) is 4.90 Å². The first-order chi connectivity index (χ1) is 7.16. The molecule has 4 heteroatoms. The molecule has 1 heterocycles. The third kappa shape index (κ3) is 2.64. The quantitative estimate of drug-likeness (QED) is 0.867. The van der Waals surface area contributed by atoms with E-state index in [0.717, 1.165) is 41.7 Å². The lowest BCUT2D eigenvalue weighted by molar-refractivity contribution is 0.327. The molecule has 1 aliphatic heterocycles. The average Bonchev–Trinajstić information content (AvgIpc) is 2.58. The van der Waals surface area contributed by atoms with E-state index in [1.165, 1.54) is 0 Å². The van der Waals surface area contributed by atoms with Crippen LogP contribution in [0.1, 0.15) is 12.0 Å². The van der Waals surface area contributed by atoms with Gasteiger partial charge in [0, 0.05) is 41.3 Å². The normalized spacial score (nSPS) is 22.2. The van der Waals surface area contributed by atoms with Crippen molar-refractivity contribution in [1.29, 1.82) is 0 Å². The monoisotopic (exact) mass is 244 g/mol. The van der Waals surface area contributed by atoms with E-state index in [1.54, 1.807) is 0 Å². The molecule has 82 valence electrons. The molecular weight excluding hydrogens is 231 g/mol. The van der Waals surface area contributed by atoms with Gasteiger partial charge in [-0.05, 0) is 18.6 Å². The molecule has 1 aromatic carbocycles. The van der Waals surface area contributed by atoms with Crippen LogP contribution in [0.25, 0.3) is 0 Å². The predicted octanol–water partition coefficient (Wildman–Crippen LogP) is 2.53. The molecule has 1 saturated heterocycles. The van der Waals surface area contributed by atoms with Crippen molar-refractivity contribution in [3.63, 3.8) is 0 Å². The van der Waals surface area contributed by atoms with Crippen LogP contribution in [0.2, 0.25) is 10.0 Å². The van der Waals surface area contributed by atoms with E-state index in [1.807, 2.05) is 18.2 Å². The van der Waals surface area contributed by atoms with Gasteiger partial charge in [-0.25, -0.2) is 0 Å². The first-order valence-electron chi connectivity index (χ1n) is 5.07. The van der Waals surface area contributed by atoms with Gasteiger partial charge in [0.15, 0.2) is 0 Å². The molecule has 15 heavy (non-hydrogen) atoms. The average molecular weight is 245 g/mol. The molecule has 1 aliphatic rings. The van der Waals surface area contributed by atoms with Gasteiger partial charge in [-0.2, -0.15) is 0 Å². The Bertz CT molecular complexity index is 334. The number of halogens is 2. The van der Waals surface area contributed by atoms with Gasteiger partial charge in [-0.1, -0.05) is 29.3 Å². The van der Waals surface area contributed by atoms with Crippen LogP contribution < -0.4 is 5.73 Å². The summed E-state index contributed by atoms with van der Waals surface area (Å²) in [5, 5.41) is 1.48. The summed E-state index contributed by atoms with van der Waals surface area (Å²) in [7, 11) is 0. The van der Waals surface area contributed by atoms with Crippen molar-refractivity contribution < 1.29 is 0 Å². The molecule has 0 radical (unpaired) electrons. The Morgan fingerprint density at radius 2 is 2.00 bits per heavy atom. The van der Waals surface area contributed by atoms with Crippen molar-refractivity contribution in [3.8, 4) is 0 Å².